The monoisotopic (exact) mass is 387 g/mol. The Balaban J connectivity index is 1.60. The number of piperidine rings is 1. The van der Waals surface area contributed by atoms with Gasteiger partial charge in [0.1, 0.15) is 5.75 Å². The first-order valence-corrected chi connectivity index (χ1v) is 10.6. The molecule has 0 N–H and O–H groups in total. The van der Waals surface area contributed by atoms with Gasteiger partial charge in [0.05, 0.1) is 11.5 Å². The third-order valence-electron chi connectivity index (χ3n) is 5.02. The molecule has 2 aromatic rings. The van der Waals surface area contributed by atoms with Crippen molar-refractivity contribution in [1.82, 2.24) is 4.31 Å². The number of nitrogens with zero attached hydrogens (tertiary/aromatic N) is 1. The number of para-hydroxylation sites is 1. The highest BCUT2D eigenvalue weighted by Gasteiger charge is 2.30. The number of carbonyl (C=O) groups is 1. The molecule has 0 aliphatic carbocycles. The number of Topliss-reactive ketones (excluding diaryl/α,β-unsaturated/α-hetero) is 1. The van der Waals surface area contributed by atoms with Crippen LogP contribution in [0.25, 0.3) is 0 Å². The maximum Gasteiger partial charge on any atom is 0.243 e. The Bertz CT molecular complexity index is 915. The lowest BCUT2D eigenvalue weighted by Gasteiger charge is -2.31. The summed E-state index contributed by atoms with van der Waals surface area (Å²) < 4.78 is 33.2. The number of carbonyl (C=O) groups excluding carboxylic acids is 1. The topological polar surface area (TPSA) is 63.7 Å². The van der Waals surface area contributed by atoms with E-state index in [1.807, 2.05) is 31.2 Å². The van der Waals surface area contributed by atoms with Crippen molar-refractivity contribution in [2.24, 2.45) is 5.92 Å². The highest BCUT2D eigenvalue weighted by molar-refractivity contribution is 7.89. The van der Waals surface area contributed by atoms with Crippen LogP contribution >= 0.6 is 0 Å². The van der Waals surface area contributed by atoms with Crippen molar-refractivity contribution in [3.05, 3.63) is 59.7 Å². The molecular formula is C21H25NO4S. The maximum absolute atomic E-state index is 12.9. The van der Waals surface area contributed by atoms with E-state index in [4.69, 9.17) is 4.74 Å². The predicted molar refractivity (Wildman–Crippen MR) is 105 cm³/mol. The largest absolute Gasteiger partial charge is 0.493 e. The molecule has 1 fully saturated rings. The molecule has 6 heteroatoms. The standard InChI is InChI=1S/C21H25NO4S/c1-16-6-3-4-9-21(16)26-15-18-10-12-22(13-11-18)27(24,25)20-8-5-7-19(14-20)17(2)23/h3-9,14,18H,10-13,15H2,1-2H3. The molecule has 1 heterocycles. The Morgan fingerprint density at radius 2 is 1.81 bits per heavy atom. The van der Waals surface area contributed by atoms with Crippen molar-refractivity contribution in [3.8, 4) is 5.75 Å². The van der Waals surface area contributed by atoms with Gasteiger partial charge < -0.3 is 4.74 Å². The number of hydrogen-bond donors (Lipinski definition) is 0. The van der Waals surface area contributed by atoms with E-state index in [0.29, 0.717) is 31.2 Å². The van der Waals surface area contributed by atoms with Crippen molar-refractivity contribution in [2.75, 3.05) is 19.7 Å². The molecule has 0 aromatic heterocycles. The van der Waals surface area contributed by atoms with Crippen LogP contribution < -0.4 is 4.74 Å². The second kappa shape index (κ2) is 8.23. The van der Waals surface area contributed by atoms with Crippen molar-refractivity contribution < 1.29 is 17.9 Å². The number of benzene rings is 2. The van der Waals surface area contributed by atoms with Crippen molar-refractivity contribution in [1.29, 1.82) is 0 Å². The van der Waals surface area contributed by atoms with E-state index in [2.05, 4.69) is 0 Å². The molecule has 0 unspecified atom stereocenters. The zero-order valence-corrected chi connectivity index (χ0v) is 16.5. The van der Waals surface area contributed by atoms with Crippen LogP contribution in [0.15, 0.2) is 53.4 Å². The number of aryl methyl sites for hydroxylation is 1. The lowest BCUT2D eigenvalue weighted by Crippen LogP contribution is -2.39. The van der Waals surface area contributed by atoms with Gasteiger partial charge in [-0.05, 0) is 56.4 Å². The van der Waals surface area contributed by atoms with Crippen molar-refractivity contribution >= 4 is 15.8 Å². The first-order chi connectivity index (χ1) is 12.9. The zero-order valence-electron chi connectivity index (χ0n) is 15.7. The van der Waals surface area contributed by atoms with Gasteiger partial charge in [-0.1, -0.05) is 30.3 Å². The molecule has 0 radical (unpaired) electrons. The van der Waals surface area contributed by atoms with Gasteiger partial charge in [-0.3, -0.25) is 4.79 Å². The van der Waals surface area contributed by atoms with Crippen LogP contribution in [-0.2, 0) is 10.0 Å². The van der Waals surface area contributed by atoms with Gasteiger partial charge in [0, 0.05) is 18.7 Å². The maximum atomic E-state index is 12.9. The number of ketones is 1. The third kappa shape index (κ3) is 4.57. The summed E-state index contributed by atoms with van der Waals surface area (Å²) in [5.41, 5.74) is 1.51. The van der Waals surface area contributed by atoms with E-state index in [1.165, 1.54) is 17.3 Å². The molecule has 2 aromatic carbocycles. The smallest absolute Gasteiger partial charge is 0.243 e. The molecule has 0 saturated carbocycles. The Morgan fingerprint density at radius 3 is 2.48 bits per heavy atom. The van der Waals surface area contributed by atoms with Crippen molar-refractivity contribution in [2.45, 2.75) is 31.6 Å². The number of sulfonamides is 1. The predicted octanol–water partition coefficient (Wildman–Crippen LogP) is 3.68. The van der Waals surface area contributed by atoms with Gasteiger partial charge in [0.2, 0.25) is 10.0 Å². The average molecular weight is 388 g/mol. The summed E-state index contributed by atoms with van der Waals surface area (Å²) in [6.07, 6.45) is 1.52. The van der Waals surface area contributed by atoms with Gasteiger partial charge in [-0.2, -0.15) is 4.31 Å². The van der Waals surface area contributed by atoms with Crippen LogP contribution in [0.2, 0.25) is 0 Å². The summed E-state index contributed by atoms with van der Waals surface area (Å²) in [4.78, 5) is 11.7. The van der Waals surface area contributed by atoms with Crippen LogP contribution in [0, 0.1) is 12.8 Å². The molecule has 0 atom stereocenters. The van der Waals surface area contributed by atoms with Gasteiger partial charge >= 0.3 is 0 Å². The van der Waals surface area contributed by atoms with E-state index >= 15 is 0 Å². The minimum Gasteiger partial charge on any atom is -0.493 e. The van der Waals surface area contributed by atoms with Crippen LogP contribution in [0.5, 0.6) is 5.75 Å². The van der Waals surface area contributed by atoms with E-state index in [0.717, 1.165) is 24.2 Å². The fourth-order valence-electron chi connectivity index (χ4n) is 3.27. The van der Waals surface area contributed by atoms with Crippen LogP contribution in [0.1, 0.15) is 35.7 Å². The van der Waals surface area contributed by atoms with E-state index in [1.54, 1.807) is 18.2 Å². The first kappa shape index (κ1) is 19.6. The number of hydrogen-bond acceptors (Lipinski definition) is 4. The third-order valence-corrected chi connectivity index (χ3v) is 6.91. The molecule has 27 heavy (non-hydrogen) atoms. The minimum absolute atomic E-state index is 0.140. The van der Waals surface area contributed by atoms with Crippen LogP contribution in [-0.4, -0.2) is 38.2 Å². The van der Waals surface area contributed by atoms with Crippen LogP contribution in [0.4, 0.5) is 0 Å². The normalized spacial score (nSPS) is 16.2. The Kier molecular flexibility index (Phi) is 5.97. The summed E-state index contributed by atoms with van der Waals surface area (Å²) in [6, 6.07) is 14.2. The van der Waals surface area contributed by atoms with Crippen molar-refractivity contribution in [3.63, 3.8) is 0 Å². The molecule has 0 amide bonds. The summed E-state index contributed by atoms with van der Waals surface area (Å²) >= 11 is 0. The average Bonchev–Trinajstić information content (AvgIpc) is 2.68. The van der Waals surface area contributed by atoms with E-state index in [9.17, 15) is 13.2 Å². The summed E-state index contributed by atoms with van der Waals surface area (Å²) in [5.74, 6) is 1.08. The highest BCUT2D eigenvalue weighted by Crippen LogP contribution is 2.26. The van der Waals surface area contributed by atoms with Gasteiger partial charge in [-0.15, -0.1) is 0 Å². The molecular weight excluding hydrogens is 362 g/mol. The summed E-state index contributed by atoms with van der Waals surface area (Å²) in [7, 11) is -3.58. The lowest BCUT2D eigenvalue weighted by molar-refractivity contribution is 0.101. The quantitative estimate of drug-likeness (QED) is 0.710. The fourth-order valence-corrected chi connectivity index (χ4v) is 4.78. The molecule has 5 nitrogen and oxygen atoms in total. The first-order valence-electron chi connectivity index (χ1n) is 9.17. The molecule has 3 rings (SSSR count). The number of rotatable bonds is 6. The Hall–Kier alpha value is -2.18. The number of ether oxygens (including phenoxy) is 1. The SMILES string of the molecule is CC(=O)c1cccc(S(=O)(=O)N2CCC(COc3ccccc3C)CC2)c1. The van der Waals surface area contributed by atoms with Gasteiger partial charge in [0.25, 0.3) is 0 Å². The molecule has 0 bridgehead atoms. The lowest BCUT2D eigenvalue weighted by atomic mass is 9.99. The summed E-state index contributed by atoms with van der Waals surface area (Å²) in [5, 5.41) is 0. The summed E-state index contributed by atoms with van der Waals surface area (Å²) in [6.45, 7) is 4.98. The minimum atomic E-state index is -3.58. The van der Waals surface area contributed by atoms with Gasteiger partial charge in [0.15, 0.2) is 5.78 Å². The molecule has 144 valence electrons. The highest BCUT2D eigenvalue weighted by atomic mass is 32.2. The van der Waals surface area contributed by atoms with E-state index < -0.39 is 10.0 Å². The molecule has 0 spiro atoms. The zero-order chi connectivity index (χ0) is 19.4. The molecule has 1 aliphatic heterocycles. The van der Waals surface area contributed by atoms with E-state index in [-0.39, 0.29) is 10.7 Å². The Morgan fingerprint density at radius 1 is 1.11 bits per heavy atom. The molecule has 1 aliphatic rings. The second-order valence-electron chi connectivity index (χ2n) is 7.01. The van der Waals surface area contributed by atoms with Gasteiger partial charge in [-0.25, -0.2) is 8.42 Å². The fraction of sp³-hybridized carbons (Fsp3) is 0.381. The second-order valence-corrected chi connectivity index (χ2v) is 8.95. The Labute approximate surface area is 161 Å². The van der Waals surface area contributed by atoms with Crippen LogP contribution in [0.3, 0.4) is 0 Å². The molecule has 1 saturated heterocycles.